The van der Waals surface area contributed by atoms with Crippen molar-refractivity contribution in [2.45, 2.75) is 167 Å². The van der Waals surface area contributed by atoms with E-state index in [0.717, 1.165) is 0 Å². The molecule has 4 heterocycles. The van der Waals surface area contributed by atoms with Crippen molar-refractivity contribution in [3.05, 3.63) is 47.6 Å². The molecule has 1 unspecified atom stereocenters. The maximum absolute atomic E-state index is 14.4. The maximum Gasteiger partial charge on any atom is 0.329 e. The highest BCUT2D eigenvalue weighted by Gasteiger charge is 2.57. The third kappa shape index (κ3) is 11.9. The predicted octanol–water partition coefficient (Wildman–Crippen LogP) is 4.75. The van der Waals surface area contributed by atoms with Gasteiger partial charge in [-0.2, -0.15) is 0 Å². The van der Waals surface area contributed by atoms with Gasteiger partial charge in [0, 0.05) is 57.3 Å². The number of ether oxygens (including phenoxy) is 4. The van der Waals surface area contributed by atoms with Crippen molar-refractivity contribution >= 4 is 29.2 Å². The number of esters is 1. The Kier molecular flexibility index (Phi) is 17.8. The number of amides is 1. The molecule has 5 rings (SSSR count). The van der Waals surface area contributed by atoms with Gasteiger partial charge in [0.1, 0.15) is 30.1 Å². The molecule has 14 nitrogen and oxygen atoms in total. The summed E-state index contributed by atoms with van der Waals surface area (Å²) in [6.07, 6.45) is 9.16. The first-order valence-electron chi connectivity index (χ1n) is 23.1. The number of nitrogens with zero attached hydrogens (tertiary/aromatic N) is 1. The van der Waals surface area contributed by atoms with Gasteiger partial charge in [0.05, 0.1) is 24.4 Å². The van der Waals surface area contributed by atoms with Crippen molar-refractivity contribution in [1.82, 2.24) is 4.90 Å². The summed E-state index contributed by atoms with van der Waals surface area (Å²) < 4.78 is 23.4. The number of Topliss-reactive ketones (excluding diaryl/α,β-unsaturated/α-hetero) is 3. The molecule has 5 aliphatic rings. The topological polar surface area (TPSA) is 206 Å². The van der Waals surface area contributed by atoms with Gasteiger partial charge in [-0.3, -0.25) is 19.2 Å². The number of aliphatic hydroxyl groups excluding tert-OH is 3. The van der Waals surface area contributed by atoms with E-state index < -0.39 is 95.7 Å². The van der Waals surface area contributed by atoms with Crippen LogP contribution in [0.1, 0.15) is 112 Å². The number of methoxy groups -OCH3 is 2. The van der Waals surface area contributed by atoms with Gasteiger partial charge >= 0.3 is 5.97 Å². The second-order valence-electron chi connectivity index (χ2n) is 19.3. The first kappa shape index (κ1) is 50.6. The highest BCUT2D eigenvalue weighted by atomic mass is 16.6. The smallest absolute Gasteiger partial charge is 0.329 e. The molecule has 1 aliphatic carbocycles. The van der Waals surface area contributed by atoms with Crippen molar-refractivity contribution in [2.75, 3.05) is 20.8 Å². The van der Waals surface area contributed by atoms with Crippen LogP contribution in [0, 0.1) is 41.4 Å². The largest absolute Gasteiger partial charge is 0.460 e. The fourth-order valence-electron chi connectivity index (χ4n) is 10.7. The summed E-state index contributed by atoms with van der Waals surface area (Å²) in [7, 11) is 2.93. The molecule has 3 saturated heterocycles. The molecule has 4 aliphatic heterocycles. The summed E-state index contributed by atoms with van der Waals surface area (Å²) in [4.78, 5) is 71.7. The summed E-state index contributed by atoms with van der Waals surface area (Å²) in [5.74, 6) is -8.74. The monoisotopic (exact) mass is 884 g/mol. The van der Waals surface area contributed by atoms with Crippen LogP contribution >= 0.6 is 0 Å². The van der Waals surface area contributed by atoms with E-state index in [9.17, 15) is 44.4 Å². The third-order valence-corrected chi connectivity index (χ3v) is 14.7. The van der Waals surface area contributed by atoms with Gasteiger partial charge in [0.15, 0.2) is 5.78 Å². The van der Waals surface area contributed by atoms with Crippen molar-refractivity contribution in [3.63, 3.8) is 0 Å². The number of carbonyl (C=O) groups is 5. The van der Waals surface area contributed by atoms with E-state index in [1.807, 2.05) is 25.2 Å². The van der Waals surface area contributed by atoms with Gasteiger partial charge < -0.3 is 44.3 Å². The van der Waals surface area contributed by atoms with Crippen LogP contribution in [0.3, 0.4) is 0 Å². The lowest BCUT2D eigenvalue weighted by Crippen LogP contribution is -2.65. The Balaban J connectivity index is 1.50. The Labute approximate surface area is 373 Å². The molecule has 0 aromatic heterocycles. The zero-order valence-corrected chi connectivity index (χ0v) is 38.5. The third-order valence-electron chi connectivity index (χ3n) is 14.7. The number of fused-ring (bicyclic) bond motifs is 4. The fraction of sp³-hybridized carbons (Fsp3) is 0.735. The van der Waals surface area contributed by atoms with Crippen molar-refractivity contribution in [2.24, 2.45) is 41.4 Å². The highest BCUT2D eigenvalue weighted by molar-refractivity contribution is 6.39. The average molecular weight is 884 g/mol. The van der Waals surface area contributed by atoms with E-state index in [4.69, 9.17) is 18.9 Å². The van der Waals surface area contributed by atoms with E-state index in [-0.39, 0.29) is 48.9 Å². The second kappa shape index (κ2) is 22.2. The Bertz CT molecular complexity index is 1770. The van der Waals surface area contributed by atoms with Crippen LogP contribution < -0.4 is 0 Å². The van der Waals surface area contributed by atoms with Crippen LogP contribution in [-0.2, 0) is 42.9 Å². The Morgan fingerprint density at radius 1 is 0.857 bits per heavy atom. The Hall–Kier alpha value is -3.37. The minimum atomic E-state index is -2.49. The highest BCUT2D eigenvalue weighted by Crippen LogP contribution is 2.45. The molecule has 4 fully saturated rings. The average Bonchev–Trinajstić information content (AvgIpc) is 3.25. The molecule has 4 bridgehead atoms. The molecule has 1 saturated carbocycles. The SMILES string of the molecule is CO[C@@H]1C[C@H](C[C@H]2C3CCCN4C(=O)C(=O)[C@]5(O)O[C@@H](CC[C@H]5C)C[C@H](O)/C(C)=C/C=C/C=C/[C@@H](C)C[C@@H](C)C(=O)[C@H](OC)[C@H](O)/C(C)=C/[C@@H](C)C(=O)C[C@@H]2OC(=O)[C@H]34)CC[C@H]1O. The van der Waals surface area contributed by atoms with Gasteiger partial charge in [0.25, 0.3) is 11.7 Å². The van der Waals surface area contributed by atoms with Gasteiger partial charge in [0.2, 0.25) is 5.79 Å². The number of hydrogen-bond donors (Lipinski definition) is 4. The molecule has 16 atom stereocenters. The van der Waals surface area contributed by atoms with Crippen molar-refractivity contribution in [1.29, 1.82) is 0 Å². The molecule has 0 spiro atoms. The fourth-order valence-corrected chi connectivity index (χ4v) is 10.7. The van der Waals surface area contributed by atoms with Crippen LogP contribution in [-0.4, -0.2) is 130 Å². The second-order valence-corrected chi connectivity index (χ2v) is 19.3. The summed E-state index contributed by atoms with van der Waals surface area (Å²) in [5, 5.41) is 45.0. The predicted molar refractivity (Wildman–Crippen MR) is 234 cm³/mol. The van der Waals surface area contributed by atoms with E-state index in [0.29, 0.717) is 68.9 Å². The van der Waals surface area contributed by atoms with E-state index in [2.05, 4.69) is 0 Å². The quantitative estimate of drug-likeness (QED) is 0.171. The molecule has 4 N–H and O–H groups in total. The first-order valence-corrected chi connectivity index (χ1v) is 23.1. The van der Waals surface area contributed by atoms with Gasteiger partial charge in [-0.25, -0.2) is 4.79 Å². The number of carbonyl (C=O) groups excluding carboxylic acids is 5. The van der Waals surface area contributed by atoms with E-state index in [1.165, 1.54) is 12.0 Å². The summed E-state index contributed by atoms with van der Waals surface area (Å²) in [6, 6.07) is -1.14. The first-order chi connectivity index (χ1) is 29.8. The minimum Gasteiger partial charge on any atom is -0.460 e. The van der Waals surface area contributed by atoms with Crippen LogP contribution in [0.4, 0.5) is 0 Å². The lowest BCUT2D eigenvalue weighted by atomic mass is 9.68. The number of rotatable bonds is 4. The van der Waals surface area contributed by atoms with Gasteiger partial charge in [-0.05, 0) is 101 Å². The molecule has 0 aromatic carbocycles. The molecule has 1 amide bonds. The van der Waals surface area contributed by atoms with Crippen molar-refractivity contribution in [3.8, 4) is 0 Å². The zero-order valence-electron chi connectivity index (χ0n) is 38.5. The number of ketones is 3. The number of allylic oxidation sites excluding steroid dienone is 6. The van der Waals surface area contributed by atoms with Gasteiger partial charge in [-0.1, -0.05) is 64.2 Å². The van der Waals surface area contributed by atoms with Crippen LogP contribution in [0.25, 0.3) is 0 Å². The zero-order chi connectivity index (χ0) is 46.3. The van der Waals surface area contributed by atoms with Crippen LogP contribution in [0.15, 0.2) is 47.6 Å². The molecule has 14 heteroatoms. The minimum absolute atomic E-state index is 0.00107. The normalized spacial score (nSPS) is 43.7. The van der Waals surface area contributed by atoms with Crippen LogP contribution in [0.5, 0.6) is 0 Å². The number of piperidine rings is 1. The number of hydrogen-bond acceptors (Lipinski definition) is 13. The molecule has 0 radical (unpaired) electrons. The molecular formula is C49H73NO13. The molecule has 63 heavy (non-hydrogen) atoms. The lowest BCUT2D eigenvalue weighted by Gasteiger charge is -2.50. The Morgan fingerprint density at radius 3 is 2.29 bits per heavy atom. The lowest BCUT2D eigenvalue weighted by molar-refractivity contribution is -0.265. The Morgan fingerprint density at radius 2 is 1.59 bits per heavy atom. The summed E-state index contributed by atoms with van der Waals surface area (Å²) >= 11 is 0. The van der Waals surface area contributed by atoms with Gasteiger partial charge in [-0.15, -0.1) is 0 Å². The maximum atomic E-state index is 14.4. The summed E-state index contributed by atoms with van der Waals surface area (Å²) in [6.45, 7) is 10.6. The molecule has 352 valence electrons. The van der Waals surface area contributed by atoms with E-state index >= 15 is 0 Å². The number of aliphatic hydroxyl groups is 4. The summed E-state index contributed by atoms with van der Waals surface area (Å²) in [5.41, 5.74) is 1.01. The standard InChI is InChI=1S/C49H73NO13/c1-27-13-10-9-11-14-28(2)38(52)25-34-18-16-32(6)49(59,63-34)46(56)47(57)50-20-12-15-35-36(23-33-17-19-37(51)41(24-33)60-7)40(62-48(58)42(35)50)26-39(53)29(3)22-31(5)44(55)45(61-8)43(54)30(4)21-27/h9-11,13-14,22,27,29-30,32-38,40-42,44-45,51-52,55,59H,12,15-21,23-26H2,1-8H3/b11-9+,13-10+,28-14+,31-22+/t27-,29-,30-,32-,33+,34+,35?,36+,37-,38+,40+,41-,42+,44-,45+,49-/m1/s1. The molecular weight excluding hydrogens is 811 g/mol. The van der Waals surface area contributed by atoms with Crippen LogP contribution in [0.2, 0.25) is 0 Å². The molecule has 0 aromatic rings. The van der Waals surface area contributed by atoms with E-state index in [1.54, 1.807) is 60.0 Å². The van der Waals surface area contributed by atoms with Crippen molar-refractivity contribution < 1.29 is 63.3 Å².